The lowest BCUT2D eigenvalue weighted by Crippen LogP contribution is -2.24. The lowest BCUT2D eigenvalue weighted by molar-refractivity contribution is 0.0880. The highest BCUT2D eigenvalue weighted by Gasteiger charge is 2.31. The van der Waals surface area contributed by atoms with Crippen LogP contribution in [0.5, 0.6) is 0 Å². The molecule has 0 bridgehead atoms. The summed E-state index contributed by atoms with van der Waals surface area (Å²) in [5.74, 6) is -0.711. The maximum atomic E-state index is 12.4. The van der Waals surface area contributed by atoms with Crippen LogP contribution in [0.1, 0.15) is 58.9 Å². The third kappa shape index (κ3) is 2.40. The van der Waals surface area contributed by atoms with Crippen LogP contribution in [0.25, 0.3) is 5.69 Å². The van der Waals surface area contributed by atoms with E-state index in [0.717, 1.165) is 18.9 Å². The Hall–Kier alpha value is -2.89. The summed E-state index contributed by atoms with van der Waals surface area (Å²) >= 11 is 0. The van der Waals surface area contributed by atoms with Gasteiger partial charge in [-0.25, -0.2) is 0 Å². The Morgan fingerprint density at radius 2 is 1.67 bits per heavy atom. The Bertz CT molecular complexity index is 878. The summed E-state index contributed by atoms with van der Waals surface area (Å²) in [5.41, 5.74) is 7.45. The summed E-state index contributed by atoms with van der Waals surface area (Å²) in [5, 5.41) is 2.16. The average molecular weight is 325 g/mol. The first kappa shape index (κ1) is 16.0. The van der Waals surface area contributed by atoms with E-state index in [-0.39, 0.29) is 16.9 Å². The van der Waals surface area contributed by atoms with E-state index in [1.54, 1.807) is 0 Å². The smallest absolute Gasteiger partial charge is 0.262 e. The van der Waals surface area contributed by atoms with Gasteiger partial charge in [-0.3, -0.25) is 24.3 Å². The molecule has 1 aliphatic rings. The molecular weight excluding hydrogens is 306 g/mol. The molecule has 0 radical (unpaired) electrons. The number of benzene rings is 1. The normalized spacial score (nSPS) is 13.3. The number of carbonyl (C=O) groups excluding carboxylic acids is 2. The SMILES string of the molecule is CCC(CC)c1ccc(-n2c(N)c3c(cc2=O)C(=O)NC3=O)cc1. The van der Waals surface area contributed by atoms with E-state index in [2.05, 4.69) is 19.2 Å². The fraction of sp³-hybridized carbons (Fsp3) is 0.278. The fourth-order valence-corrected chi connectivity index (χ4v) is 3.20. The summed E-state index contributed by atoms with van der Waals surface area (Å²) in [6.45, 7) is 4.28. The number of carbonyl (C=O) groups is 2. The first-order chi connectivity index (χ1) is 11.5. The number of nitrogen functional groups attached to an aromatic ring is 1. The predicted molar refractivity (Wildman–Crippen MR) is 91.6 cm³/mol. The Balaban J connectivity index is 2.11. The van der Waals surface area contributed by atoms with Crippen LogP contribution in [0.2, 0.25) is 0 Å². The lowest BCUT2D eigenvalue weighted by Gasteiger charge is -2.15. The predicted octanol–water partition coefficient (Wildman–Crippen LogP) is 2.21. The molecule has 2 aromatic rings. The van der Waals surface area contributed by atoms with Crippen LogP contribution < -0.4 is 16.6 Å². The second-order valence-electron chi connectivity index (χ2n) is 5.88. The molecule has 0 unspecified atom stereocenters. The number of hydrogen-bond donors (Lipinski definition) is 2. The van der Waals surface area contributed by atoms with Crippen LogP contribution >= 0.6 is 0 Å². The second-order valence-corrected chi connectivity index (χ2v) is 5.88. The molecular formula is C18H19N3O3. The average Bonchev–Trinajstić information content (AvgIpc) is 2.84. The van der Waals surface area contributed by atoms with E-state index >= 15 is 0 Å². The van der Waals surface area contributed by atoms with Crippen molar-refractivity contribution >= 4 is 17.6 Å². The number of amides is 2. The van der Waals surface area contributed by atoms with E-state index in [1.807, 2.05) is 24.3 Å². The quantitative estimate of drug-likeness (QED) is 0.843. The van der Waals surface area contributed by atoms with E-state index in [4.69, 9.17) is 5.73 Å². The highest BCUT2D eigenvalue weighted by Crippen LogP contribution is 2.26. The number of nitrogens with zero attached hydrogens (tertiary/aromatic N) is 1. The van der Waals surface area contributed by atoms with Crippen molar-refractivity contribution in [1.29, 1.82) is 0 Å². The van der Waals surface area contributed by atoms with Gasteiger partial charge in [0.15, 0.2) is 0 Å². The molecule has 6 heteroatoms. The van der Waals surface area contributed by atoms with Crippen LogP contribution in [0, 0.1) is 0 Å². The standard InChI is InChI=1S/C18H19N3O3/c1-3-10(4-2)11-5-7-12(8-6-11)21-14(22)9-13-15(16(21)19)18(24)20-17(13)23/h5-10H,3-4,19H2,1-2H3,(H,20,23,24). The number of imide groups is 1. The highest BCUT2D eigenvalue weighted by molar-refractivity contribution is 6.23. The zero-order valence-electron chi connectivity index (χ0n) is 13.6. The molecule has 3 rings (SSSR count). The van der Waals surface area contributed by atoms with Gasteiger partial charge in [-0.1, -0.05) is 26.0 Å². The van der Waals surface area contributed by atoms with Crippen molar-refractivity contribution in [3.63, 3.8) is 0 Å². The molecule has 1 aromatic carbocycles. The Morgan fingerprint density at radius 3 is 2.25 bits per heavy atom. The second kappa shape index (κ2) is 5.96. The zero-order valence-corrected chi connectivity index (χ0v) is 13.6. The summed E-state index contributed by atoms with van der Waals surface area (Å²) < 4.78 is 1.26. The Labute approximate surface area is 139 Å². The van der Waals surface area contributed by atoms with Crippen LogP contribution in [-0.4, -0.2) is 16.4 Å². The van der Waals surface area contributed by atoms with Crippen LogP contribution in [0.15, 0.2) is 35.1 Å². The van der Waals surface area contributed by atoms with Crippen molar-refractivity contribution in [2.45, 2.75) is 32.6 Å². The van der Waals surface area contributed by atoms with Gasteiger partial charge < -0.3 is 5.73 Å². The fourth-order valence-electron chi connectivity index (χ4n) is 3.20. The minimum Gasteiger partial charge on any atom is -0.384 e. The van der Waals surface area contributed by atoms with Gasteiger partial charge in [0.25, 0.3) is 17.4 Å². The van der Waals surface area contributed by atoms with Gasteiger partial charge in [0, 0.05) is 6.07 Å². The number of fused-ring (bicyclic) bond motifs is 1. The number of anilines is 1. The topological polar surface area (TPSA) is 94.2 Å². The van der Waals surface area contributed by atoms with Gasteiger partial charge >= 0.3 is 0 Å². The van der Waals surface area contributed by atoms with Crippen molar-refractivity contribution in [1.82, 2.24) is 9.88 Å². The summed E-state index contributed by atoms with van der Waals surface area (Å²) in [4.78, 5) is 35.9. The van der Waals surface area contributed by atoms with Gasteiger partial charge in [0.05, 0.1) is 16.8 Å². The van der Waals surface area contributed by atoms with Crippen LogP contribution in [-0.2, 0) is 0 Å². The number of hydrogen-bond acceptors (Lipinski definition) is 4. The van der Waals surface area contributed by atoms with Crippen molar-refractivity contribution in [3.8, 4) is 5.69 Å². The molecule has 0 saturated heterocycles. The molecule has 0 fully saturated rings. The Kier molecular flexibility index (Phi) is 3.97. The van der Waals surface area contributed by atoms with E-state index in [9.17, 15) is 14.4 Å². The molecule has 0 saturated carbocycles. The van der Waals surface area contributed by atoms with E-state index < -0.39 is 17.4 Å². The number of rotatable bonds is 4. The maximum absolute atomic E-state index is 12.4. The van der Waals surface area contributed by atoms with Gasteiger partial charge in [0.1, 0.15) is 5.82 Å². The largest absolute Gasteiger partial charge is 0.384 e. The molecule has 1 aliphatic heterocycles. The number of aromatic nitrogens is 1. The number of nitrogens with one attached hydrogen (secondary N) is 1. The van der Waals surface area contributed by atoms with Crippen LogP contribution in [0.4, 0.5) is 5.82 Å². The van der Waals surface area contributed by atoms with Gasteiger partial charge in [-0.2, -0.15) is 0 Å². The minimum absolute atomic E-state index is 0.0175. The molecule has 124 valence electrons. The first-order valence-electron chi connectivity index (χ1n) is 7.99. The summed E-state index contributed by atoms with van der Waals surface area (Å²) in [6, 6.07) is 8.72. The molecule has 24 heavy (non-hydrogen) atoms. The third-order valence-corrected chi connectivity index (χ3v) is 4.56. The Morgan fingerprint density at radius 1 is 1.04 bits per heavy atom. The molecule has 0 spiro atoms. The van der Waals surface area contributed by atoms with Crippen molar-refractivity contribution < 1.29 is 9.59 Å². The van der Waals surface area contributed by atoms with Gasteiger partial charge in [0.2, 0.25) is 0 Å². The maximum Gasteiger partial charge on any atom is 0.262 e. The summed E-state index contributed by atoms with van der Waals surface area (Å²) in [7, 11) is 0. The first-order valence-corrected chi connectivity index (χ1v) is 7.99. The van der Waals surface area contributed by atoms with Crippen molar-refractivity contribution in [2.75, 3.05) is 5.73 Å². The van der Waals surface area contributed by atoms with E-state index in [1.165, 1.54) is 10.1 Å². The molecule has 2 heterocycles. The van der Waals surface area contributed by atoms with Crippen molar-refractivity contribution in [3.05, 3.63) is 57.4 Å². The lowest BCUT2D eigenvalue weighted by atomic mass is 9.94. The molecule has 1 aromatic heterocycles. The number of pyridine rings is 1. The molecule has 3 N–H and O–H groups in total. The minimum atomic E-state index is -0.588. The molecule has 0 aliphatic carbocycles. The van der Waals surface area contributed by atoms with E-state index in [0.29, 0.717) is 11.6 Å². The summed E-state index contributed by atoms with van der Waals surface area (Å²) in [6.07, 6.45) is 2.08. The highest BCUT2D eigenvalue weighted by atomic mass is 16.2. The molecule has 0 atom stereocenters. The van der Waals surface area contributed by atoms with Gasteiger partial charge in [-0.15, -0.1) is 0 Å². The number of nitrogens with two attached hydrogens (primary N) is 1. The van der Waals surface area contributed by atoms with Crippen molar-refractivity contribution in [2.24, 2.45) is 0 Å². The third-order valence-electron chi connectivity index (χ3n) is 4.56. The molecule has 2 amide bonds. The van der Waals surface area contributed by atoms with Crippen LogP contribution in [0.3, 0.4) is 0 Å². The zero-order chi connectivity index (χ0) is 17.4. The molecule has 6 nitrogen and oxygen atoms in total. The monoisotopic (exact) mass is 325 g/mol. The van der Waals surface area contributed by atoms with Gasteiger partial charge in [-0.05, 0) is 36.5 Å².